The number of hydrogen-bond donors (Lipinski definition) is 0. The zero-order valence-corrected chi connectivity index (χ0v) is 15.7. The first-order valence-corrected chi connectivity index (χ1v) is 9.57. The third-order valence-corrected chi connectivity index (χ3v) is 5.24. The fourth-order valence-corrected chi connectivity index (χ4v) is 3.75. The second-order valence-corrected chi connectivity index (χ2v) is 7.03. The van der Waals surface area contributed by atoms with Crippen molar-refractivity contribution in [3.63, 3.8) is 0 Å². The molecule has 1 fully saturated rings. The highest BCUT2D eigenvalue weighted by Gasteiger charge is 2.26. The van der Waals surface area contributed by atoms with Gasteiger partial charge in [-0.25, -0.2) is 0 Å². The predicted octanol–water partition coefficient (Wildman–Crippen LogP) is 4.86. The van der Waals surface area contributed by atoms with E-state index in [1.54, 1.807) is 7.11 Å². The van der Waals surface area contributed by atoms with E-state index in [2.05, 4.69) is 33.2 Å². The SMILES string of the molecule is COc1ccc(-c2cc([C@H]3CCCCCN3Cc3ccncc3)on2)cc1. The molecule has 27 heavy (non-hydrogen) atoms. The summed E-state index contributed by atoms with van der Waals surface area (Å²) in [6.07, 6.45) is 8.53. The Kier molecular flexibility index (Phi) is 5.49. The van der Waals surface area contributed by atoms with Crippen molar-refractivity contribution in [2.24, 2.45) is 0 Å². The third kappa shape index (κ3) is 4.19. The predicted molar refractivity (Wildman–Crippen MR) is 104 cm³/mol. The molecule has 1 aliphatic rings. The zero-order chi connectivity index (χ0) is 18.5. The number of aromatic nitrogens is 2. The molecule has 1 atom stereocenters. The Hall–Kier alpha value is -2.66. The summed E-state index contributed by atoms with van der Waals surface area (Å²) >= 11 is 0. The van der Waals surface area contributed by atoms with Gasteiger partial charge in [-0.3, -0.25) is 9.88 Å². The van der Waals surface area contributed by atoms with Crippen molar-refractivity contribution in [1.82, 2.24) is 15.0 Å². The van der Waals surface area contributed by atoms with Crippen molar-refractivity contribution >= 4 is 0 Å². The molecule has 0 unspecified atom stereocenters. The first-order chi connectivity index (χ1) is 13.3. The summed E-state index contributed by atoms with van der Waals surface area (Å²) in [6, 6.07) is 14.5. The third-order valence-electron chi connectivity index (χ3n) is 5.24. The van der Waals surface area contributed by atoms with Gasteiger partial charge in [-0.1, -0.05) is 18.0 Å². The number of hydrogen-bond acceptors (Lipinski definition) is 5. The van der Waals surface area contributed by atoms with Crippen LogP contribution in [0.3, 0.4) is 0 Å². The monoisotopic (exact) mass is 363 g/mol. The molecule has 0 saturated carbocycles. The number of benzene rings is 1. The number of likely N-dealkylation sites (tertiary alicyclic amines) is 1. The Morgan fingerprint density at radius 1 is 1.07 bits per heavy atom. The molecule has 0 aliphatic carbocycles. The molecule has 1 aliphatic heterocycles. The maximum Gasteiger partial charge on any atom is 0.154 e. The summed E-state index contributed by atoms with van der Waals surface area (Å²) in [4.78, 5) is 6.64. The van der Waals surface area contributed by atoms with Gasteiger partial charge in [0, 0.05) is 30.6 Å². The van der Waals surface area contributed by atoms with Gasteiger partial charge in [0.25, 0.3) is 0 Å². The topological polar surface area (TPSA) is 51.4 Å². The number of pyridine rings is 1. The molecular formula is C22H25N3O2. The van der Waals surface area contributed by atoms with Gasteiger partial charge in [0.05, 0.1) is 13.2 Å². The minimum atomic E-state index is 0.264. The van der Waals surface area contributed by atoms with Gasteiger partial charge in [-0.2, -0.15) is 0 Å². The van der Waals surface area contributed by atoms with Crippen LogP contribution in [0.2, 0.25) is 0 Å². The summed E-state index contributed by atoms with van der Waals surface area (Å²) in [7, 11) is 1.67. The first kappa shape index (κ1) is 17.7. The fraction of sp³-hybridized carbons (Fsp3) is 0.364. The van der Waals surface area contributed by atoms with Crippen LogP contribution in [0.4, 0.5) is 0 Å². The molecule has 0 radical (unpaired) electrons. The van der Waals surface area contributed by atoms with Crippen molar-refractivity contribution in [2.75, 3.05) is 13.7 Å². The fourth-order valence-electron chi connectivity index (χ4n) is 3.75. The molecule has 3 heterocycles. The van der Waals surface area contributed by atoms with E-state index in [1.807, 2.05) is 36.7 Å². The van der Waals surface area contributed by atoms with Gasteiger partial charge in [0.1, 0.15) is 11.4 Å². The number of ether oxygens (including phenoxy) is 1. The molecule has 0 N–H and O–H groups in total. The smallest absolute Gasteiger partial charge is 0.154 e. The van der Waals surface area contributed by atoms with Gasteiger partial charge >= 0.3 is 0 Å². The molecule has 0 amide bonds. The van der Waals surface area contributed by atoms with E-state index >= 15 is 0 Å². The number of rotatable bonds is 5. The highest BCUT2D eigenvalue weighted by molar-refractivity contribution is 5.60. The van der Waals surface area contributed by atoms with Gasteiger partial charge in [-0.05, 0) is 61.3 Å². The van der Waals surface area contributed by atoms with Gasteiger partial charge in [0.2, 0.25) is 0 Å². The van der Waals surface area contributed by atoms with Gasteiger partial charge in [-0.15, -0.1) is 0 Å². The summed E-state index contributed by atoms with van der Waals surface area (Å²) in [6.45, 7) is 1.98. The standard InChI is InChI=1S/C22H25N3O2/c1-26-19-8-6-18(7-9-19)20-15-22(27-24-20)21-5-3-2-4-14-25(21)16-17-10-12-23-13-11-17/h6-13,15,21H,2-5,14,16H2,1H3/t21-/m1/s1. The molecule has 3 aromatic rings. The normalized spacial score (nSPS) is 18.2. The van der Waals surface area contributed by atoms with Crippen LogP contribution in [-0.4, -0.2) is 28.7 Å². The highest BCUT2D eigenvalue weighted by Crippen LogP contribution is 2.33. The minimum Gasteiger partial charge on any atom is -0.497 e. The van der Waals surface area contributed by atoms with Crippen LogP contribution in [0.5, 0.6) is 5.75 Å². The summed E-state index contributed by atoms with van der Waals surface area (Å²) in [5.41, 5.74) is 3.20. The Balaban J connectivity index is 1.56. The number of methoxy groups -OCH3 is 1. The van der Waals surface area contributed by atoms with Crippen LogP contribution in [0.25, 0.3) is 11.3 Å². The molecule has 5 heteroatoms. The van der Waals surface area contributed by atoms with Crippen molar-refractivity contribution in [1.29, 1.82) is 0 Å². The van der Waals surface area contributed by atoms with Crippen molar-refractivity contribution < 1.29 is 9.26 Å². The molecule has 5 nitrogen and oxygen atoms in total. The quantitative estimate of drug-likeness (QED) is 0.648. The van der Waals surface area contributed by atoms with Crippen molar-refractivity contribution in [3.8, 4) is 17.0 Å². The second-order valence-electron chi connectivity index (χ2n) is 7.03. The number of nitrogens with zero attached hydrogens (tertiary/aromatic N) is 3. The molecule has 0 bridgehead atoms. The van der Waals surface area contributed by atoms with Gasteiger partial charge < -0.3 is 9.26 Å². The molecular weight excluding hydrogens is 338 g/mol. The summed E-state index contributed by atoms with van der Waals surface area (Å²) < 4.78 is 11.0. The molecule has 140 valence electrons. The van der Waals surface area contributed by atoms with Crippen molar-refractivity contribution in [2.45, 2.75) is 38.3 Å². The van der Waals surface area contributed by atoms with E-state index in [-0.39, 0.29) is 6.04 Å². The van der Waals surface area contributed by atoms with E-state index < -0.39 is 0 Å². The van der Waals surface area contributed by atoms with Crippen LogP contribution >= 0.6 is 0 Å². The summed E-state index contributed by atoms with van der Waals surface area (Å²) in [5, 5.41) is 4.34. The average molecular weight is 363 g/mol. The lowest BCUT2D eigenvalue weighted by Gasteiger charge is -2.27. The molecule has 4 rings (SSSR count). The Morgan fingerprint density at radius 3 is 2.67 bits per heavy atom. The summed E-state index contributed by atoms with van der Waals surface area (Å²) in [5.74, 6) is 1.80. The van der Waals surface area contributed by atoms with Gasteiger partial charge in [0.15, 0.2) is 5.76 Å². The minimum absolute atomic E-state index is 0.264. The van der Waals surface area contributed by atoms with Crippen LogP contribution < -0.4 is 4.74 Å². The van der Waals surface area contributed by atoms with Crippen LogP contribution in [0.15, 0.2) is 59.4 Å². The van der Waals surface area contributed by atoms with E-state index in [4.69, 9.17) is 9.26 Å². The van der Waals surface area contributed by atoms with Crippen molar-refractivity contribution in [3.05, 3.63) is 66.2 Å². The average Bonchev–Trinajstić information content (AvgIpc) is 3.10. The lowest BCUT2D eigenvalue weighted by Crippen LogP contribution is -2.27. The van der Waals surface area contributed by atoms with E-state index in [1.165, 1.54) is 24.8 Å². The van der Waals surface area contributed by atoms with E-state index in [9.17, 15) is 0 Å². The van der Waals surface area contributed by atoms with Crippen LogP contribution in [0.1, 0.15) is 43.0 Å². The Labute approximate surface area is 160 Å². The first-order valence-electron chi connectivity index (χ1n) is 9.57. The lowest BCUT2D eigenvalue weighted by atomic mass is 10.0. The lowest BCUT2D eigenvalue weighted by molar-refractivity contribution is 0.160. The van der Waals surface area contributed by atoms with E-state index in [0.717, 1.165) is 42.3 Å². The molecule has 0 spiro atoms. The largest absolute Gasteiger partial charge is 0.497 e. The molecule has 2 aromatic heterocycles. The van der Waals surface area contributed by atoms with Crippen LogP contribution in [0, 0.1) is 0 Å². The zero-order valence-electron chi connectivity index (χ0n) is 15.7. The van der Waals surface area contributed by atoms with Crippen LogP contribution in [-0.2, 0) is 6.54 Å². The Bertz CT molecular complexity index is 846. The van der Waals surface area contributed by atoms with E-state index in [0.29, 0.717) is 0 Å². The molecule has 1 saturated heterocycles. The molecule has 1 aromatic carbocycles. The second kappa shape index (κ2) is 8.35. The highest BCUT2D eigenvalue weighted by atomic mass is 16.5. The maximum atomic E-state index is 5.80. The Morgan fingerprint density at radius 2 is 1.89 bits per heavy atom. The maximum absolute atomic E-state index is 5.80.